The molecule has 1 aliphatic rings. The van der Waals surface area contributed by atoms with E-state index >= 15 is 0 Å². The fourth-order valence-corrected chi connectivity index (χ4v) is 3.36. The fraction of sp³-hybridized carbons (Fsp3) is 0.318. The molecule has 150 valence electrons. The Morgan fingerprint density at radius 2 is 2.07 bits per heavy atom. The summed E-state index contributed by atoms with van der Waals surface area (Å²) < 4.78 is 0. The molecule has 3 N–H and O–H groups in total. The van der Waals surface area contributed by atoms with Crippen LogP contribution in [-0.4, -0.2) is 35.0 Å². The summed E-state index contributed by atoms with van der Waals surface area (Å²) in [6, 6.07) is 11.7. The predicted octanol–water partition coefficient (Wildman–Crippen LogP) is 4.28. The number of unbranched alkanes of at least 4 members (excludes halogenated alkanes) is 1. The Balaban J connectivity index is 1.58. The third-order valence-electron chi connectivity index (χ3n) is 5.10. The van der Waals surface area contributed by atoms with E-state index in [1.54, 1.807) is 4.90 Å². The maximum absolute atomic E-state index is 11.9. The third-order valence-corrected chi connectivity index (χ3v) is 5.10. The molecule has 3 aromatic rings. The van der Waals surface area contributed by atoms with Crippen molar-refractivity contribution in [2.45, 2.75) is 38.6 Å². The molecule has 0 saturated heterocycles. The highest BCUT2D eigenvalue weighted by Gasteiger charge is 2.30. The average molecular weight is 391 g/mol. The average Bonchev–Trinajstić information content (AvgIpc) is 3.44. The second-order valence-corrected chi connectivity index (χ2v) is 7.32. The first-order valence-corrected chi connectivity index (χ1v) is 10.1. The van der Waals surface area contributed by atoms with Crippen LogP contribution >= 0.6 is 0 Å². The number of urea groups is 1. The maximum Gasteiger partial charge on any atom is 0.319 e. The highest BCUT2D eigenvalue weighted by atomic mass is 16.2. The number of pyridine rings is 1. The monoisotopic (exact) mass is 391 g/mol. The van der Waals surface area contributed by atoms with E-state index in [1.807, 2.05) is 42.6 Å². The van der Waals surface area contributed by atoms with Crippen molar-refractivity contribution in [2.24, 2.45) is 0 Å². The van der Waals surface area contributed by atoms with Crippen LogP contribution in [0.2, 0.25) is 0 Å². The van der Waals surface area contributed by atoms with Crippen molar-refractivity contribution in [3.8, 4) is 11.1 Å². The zero-order valence-electron chi connectivity index (χ0n) is 16.4. The maximum atomic E-state index is 11.9. The number of hydrogen-bond donors (Lipinski definition) is 3. The number of rotatable bonds is 8. The molecule has 7 nitrogen and oxygen atoms in total. The molecule has 29 heavy (non-hydrogen) atoms. The highest BCUT2D eigenvalue weighted by molar-refractivity contribution is 5.96. The molecule has 0 spiro atoms. The Kier molecular flexibility index (Phi) is 5.46. The van der Waals surface area contributed by atoms with Crippen molar-refractivity contribution in [3.63, 3.8) is 0 Å². The van der Waals surface area contributed by atoms with Crippen LogP contribution in [0.4, 0.5) is 16.3 Å². The molecule has 1 saturated carbocycles. The second kappa shape index (κ2) is 8.34. The van der Waals surface area contributed by atoms with Gasteiger partial charge < -0.3 is 15.6 Å². The van der Waals surface area contributed by atoms with Gasteiger partial charge in [0, 0.05) is 29.9 Å². The standard InChI is InChI=1S/C22H25N5O2/c1-2-3-11-24-22(29)25-16-6-4-15(5-7-16)19-13-20(27(14-28)17-8-9-17)26-21-18(19)10-12-23-21/h4-7,10,12-14,17H,2-3,8-9,11H2,1H3,(H,23,26)(H2,24,25,29). The van der Waals surface area contributed by atoms with Gasteiger partial charge in [0.15, 0.2) is 0 Å². The molecule has 2 aromatic heterocycles. The van der Waals surface area contributed by atoms with Gasteiger partial charge in [0.1, 0.15) is 11.5 Å². The van der Waals surface area contributed by atoms with E-state index in [9.17, 15) is 9.59 Å². The second-order valence-electron chi connectivity index (χ2n) is 7.32. The summed E-state index contributed by atoms with van der Waals surface area (Å²) in [7, 11) is 0. The molecule has 2 heterocycles. The normalized spacial score (nSPS) is 13.3. The molecular weight excluding hydrogens is 366 g/mol. The Hall–Kier alpha value is -3.35. The van der Waals surface area contributed by atoms with Gasteiger partial charge in [0.25, 0.3) is 0 Å². The van der Waals surface area contributed by atoms with Gasteiger partial charge in [-0.15, -0.1) is 0 Å². The number of nitrogens with zero attached hydrogens (tertiary/aromatic N) is 2. The number of anilines is 2. The molecule has 3 amide bonds. The number of carbonyl (C=O) groups is 2. The number of benzene rings is 1. The molecule has 1 aromatic carbocycles. The molecule has 1 aliphatic carbocycles. The van der Waals surface area contributed by atoms with Crippen LogP contribution in [0, 0.1) is 0 Å². The van der Waals surface area contributed by atoms with E-state index in [-0.39, 0.29) is 12.1 Å². The number of carbonyl (C=O) groups excluding carboxylic acids is 2. The van der Waals surface area contributed by atoms with Crippen molar-refractivity contribution in [3.05, 3.63) is 42.6 Å². The minimum absolute atomic E-state index is 0.198. The lowest BCUT2D eigenvalue weighted by Gasteiger charge is -2.17. The Labute approximate surface area is 169 Å². The Bertz CT molecular complexity index is 1010. The molecule has 1 fully saturated rings. The smallest absolute Gasteiger partial charge is 0.319 e. The summed E-state index contributed by atoms with van der Waals surface area (Å²) in [6.07, 6.45) is 6.74. The minimum atomic E-state index is -0.198. The van der Waals surface area contributed by atoms with E-state index in [0.29, 0.717) is 12.4 Å². The molecule has 0 bridgehead atoms. The first kappa shape index (κ1) is 19.0. The molecular formula is C22H25N5O2. The van der Waals surface area contributed by atoms with Gasteiger partial charge in [-0.05, 0) is 54.7 Å². The van der Waals surface area contributed by atoms with Gasteiger partial charge in [0.2, 0.25) is 6.41 Å². The number of aromatic nitrogens is 2. The highest BCUT2D eigenvalue weighted by Crippen LogP contribution is 2.35. The van der Waals surface area contributed by atoms with Gasteiger partial charge in [-0.1, -0.05) is 25.5 Å². The number of aromatic amines is 1. The van der Waals surface area contributed by atoms with Crippen molar-refractivity contribution in [1.29, 1.82) is 0 Å². The van der Waals surface area contributed by atoms with E-state index in [4.69, 9.17) is 0 Å². The summed E-state index contributed by atoms with van der Waals surface area (Å²) in [5.41, 5.74) is 3.48. The first-order valence-electron chi connectivity index (χ1n) is 10.1. The molecule has 0 atom stereocenters. The fourth-order valence-electron chi connectivity index (χ4n) is 3.36. The zero-order chi connectivity index (χ0) is 20.2. The molecule has 0 unspecified atom stereocenters. The minimum Gasteiger partial charge on any atom is -0.346 e. The van der Waals surface area contributed by atoms with E-state index in [1.165, 1.54) is 0 Å². The zero-order valence-corrected chi connectivity index (χ0v) is 16.4. The van der Waals surface area contributed by atoms with Crippen LogP contribution in [0.3, 0.4) is 0 Å². The lowest BCUT2D eigenvalue weighted by molar-refractivity contribution is -0.107. The summed E-state index contributed by atoms with van der Waals surface area (Å²) >= 11 is 0. The summed E-state index contributed by atoms with van der Waals surface area (Å²) in [5.74, 6) is 0.657. The Morgan fingerprint density at radius 3 is 2.76 bits per heavy atom. The van der Waals surface area contributed by atoms with Crippen LogP contribution in [0.25, 0.3) is 22.2 Å². The van der Waals surface area contributed by atoms with E-state index in [0.717, 1.165) is 59.9 Å². The number of amides is 3. The van der Waals surface area contributed by atoms with Gasteiger partial charge in [-0.25, -0.2) is 9.78 Å². The van der Waals surface area contributed by atoms with E-state index < -0.39 is 0 Å². The van der Waals surface area contributed by atoms with Crippen LogP contribution in [-0.2, 0) is 4.79 Å². The topological polar surface area (TPSA) is 90.1 Å². The number of nitrogens with one attached hydrogen (secondary N) is 3. The summed E-state index contributed by atoms with van der Waals surface area (Å²) in [5, 5.41) is 6.69. The van der Waals surface area contributed by atoms with Gasteiger partial charge in [-0.2, -0.15) is 0 Å². The van der Waals surface area contributed by atoms with Crippen molar-refractivity contribution in [1.82, 2.24) is 15.3 Å². The van der Waals surface area contributed by atoms with E-state index in [2.05, 4.69) is 27.5 Å². The lowest BCUT2D eigenvalue weighted by atomic mass is 10.0. The largest absolute Gasteiger partial charge is 0.346 e. The predicted molar refractivity (Wildman–Crippen MR) is 115 cm³/mol. The van der Waals surface area contributed by atoms with Gasteiger partial charge in [-0.3, -0.25) is 9.69 Å². The van der Waals surface area contributed by atoms with Crippen LogP contribution in [0.5, 0.6) is 0 Å². The Morgan fingerprint density at radius 1 is 1.28 bits per heavy atom. The summed E-state index contributed by atoms with van der Waals surface area (Å²) in [4.78, 5) is 33.0. The van der Waals surface area contributed by atoms with Crippen molar-refractivity contribution in [2.75, 3.05) is 16.8 Å². The van der Waals surface area contributed by atoms with Crippen molar-refractivity contribution >= 4 is 35.0 Å². The quantitative estimate of drug-likeness (QED) is 0.395. The van der Waals surface area contributed by atoms with Crippen LogP contribution < -0.4 is 15.5 Å². The lowest BCUT2D eigenvalue weighted by Crippen LogP contribution is -2.29. The molecule has 0 radical (unpaired) electrons. The van der Waals surface area contributed by atoms with Gasteiger partial charge in [0.05, 0.1) is 0 Å². The number of H-pyrrole nitrogens is 1. The van der Waals surface area contributed by atoms with Crippen molar-refractivity contribution < 1.29 is 9.59 Å². The number of hydrogen-bond acceptors (Lipinski definition) is 3. The van der Waals surface area contributed by atoms with Gasteiger partial charge >= 0.3 is 6.03 Å². The first-order chi connectivity index (χ1) is 14.2. The summed E-state index contributed by atoms with van der Waals surface area (Å²) in [6.45, 7) is 2.75. The molecule has 4 rings (SSSR count). The van der Waals surface area contributed by atoms with Crippen LogP contribution in [0.1, 0.15) is 32.6 Å². The number of fused-ring (bicyclic) bond motifs is 1. The molecule has 7 heteroatoms. The molecule has 0 aliphatic heterocycles. The van der Waals surface area contributed by atoms with Crippen LogP contribution in [0.15, 0.2) is 42.6 Å². The SMILES string of the molecule is CCCCNC(=O)Nc1ccc(-c2cc(N(C=O)C3CC3)nc3[nH]ccc23)cc1. The third kappa shape index (κ3) is 4.23.